The number of nitrogens with one attached hydrogen (secondary N) is 1. The first-order valence-electron chi connectivity index (χ1n) is 3.83. The predicted octanol–water partition coefficient (Wildman–Crippen LogP) is 4.34. The van der Waals surface area contributed by atoms with Crippen LogP contribution in [0.1, 0.15) is 4.88 Å². The molecular weight excluding hydrogens is 348 g/mol. The number of rotatable bonds is 3. The molecule has 0 aliphatic heterocycles. The summed E-state index contributed by atoms with van der Waals surface area (Å²) in [6.07, 6.45) is 1.80. The van der Waals surface area contributed by atoms with Crippen LogP contribution in [0.5, 0.6) is 0 Å². The molecule has 0 aliphatic rings. The Bertz CT molecular complexity index is 424. The van der Waals surface area contributed by atoms with Crippen LogP contribution in [0, 0.1) is 0 Å². The van der Waals surface area contributed by atoms with Gasteiger partial charge in [-0.05, 0) is 43.3 Å². The highest BCUT2D eigenvalue weighted by Crippen LogP contribution is 2.26. The van der Waals surface area contributed by atoms with E-state index in [-0.39, 0.29) is 0 Å². The zero-order valence-corrected chi connectivity index (χ0v) is 11.8. The van der Waals surface area contributed by atoms with Gasteiger partial charge in [0.2, 0.25) is 0 Å². The molecule has 0 spiro atoms. The van der Waals surface area contributed by atoms with Crippen molar-refractivity contribution in [3.05, 3.63) is 30.8 Å². The fourth-order valence-electron chi connectivity index (χ4n) is 0.943. The number of aromatic nitrogens is 1. The molecule has 74 valence electrons. The second kappa shape index (κ2) is 4.74. The molecule has 2 nitrogen and oxygen atoms in total. The van der Waals surface area contributed by atoms with E-state index < -0.39 is 0 Å². The average molecular weight is 354 g/mol. The third kappa shape index (κ3) is 2.56. The minimum absolute atomic E-state index is 0.818. The highest BCUT2D eigenvalue weighted by atomic mass is 79.9. The van der Waals surface area contributed by atoms with E-state index in [1.54, 1.807) is 28.9 Å². The van der Waals surface area contributed by atoms with Crippen molar-refractivity contribution in [2.24, 2.45) is 0 Å². The Morgan fingerprint density at radius 1 is 1.43 bits per heavy atom. The van der Waals surface area contributed by atoms with Gasteiger partial charge in [-0.1, -0.05) is 11.3 Å². The Morgan fingerprint density at radius 2 is 2.29 bits per heavy atom. The summed E-state index contributed by atoms with van der Waals surface area (Å²) in [4.78, 5) is 5.48. The van der Waals surface area contributed by atoms with E-state index in [0.29, 0.717) is 0 Å². The summed E-state index contributed by atoms with van der Waals surface area (Å²) in [6.45, 7) is 0.818. The van der Waals surface area contributed by atoms with Crippen LogP contribution in [0.25, 0.3) is 0 Å². The smallest absolute Gasteiger partial charge is 0.184 e. The van der Waals surface area contributed by atoms with E-state index in [1.165, 1.54) is 4.88 Å². The summed E-state index contributed by atoms with van der Waals surface area (Å²) in [7, 11) is 0. The second-order valence-corrected chi connectivity index (χ2v) is 6.78. The monoisotopic (exact) mass is 352 g/mol. The fourth-order valence-corrected chi connectivity index (χ4v) is 3.48. The van der Waals surface area contributed by atoms with E-state index in [0.717, 1.165) is 19.9 Å². The Balaban J connectivity index is 1.98. The number of thiophene rings is 1. The lowest BCUT2D eigenvalue weighted by Crippen LogP contribution is -1.96. The summed E-state index contributed by atoms with van der Waals surface area (Å²) in [5, 5.41) is 6.28. The van der Waals surface area contributed by atoms with Crippen molar-refractivity contribution in [2.75, 3.05) is 5.32 Å². The number of thiazole rings is 1. The number of anilines is 1. The van der Waals surface area contributed by atoms with Crippen LogP contribution in [-0.4, -0.2) is 4.98 Å². The van der Waals surface area contributed by atoms with Gasteiger partial charge in [0.05, 0.1) is 16.5 Å². The summed E-state index contributed by atoms with van der Waals surface area (Å²) in [5.74, 6) is 0. The maximum absolute atomic E-state index is 4.19. The lowest BCUT2D eigenvalue weighted by atomic mass is 10.5. The van der Waals surface area contributed by atoms with E-state index in [9.17, 15) is 0 Å². The molecule has 0 radical (unpaired) electrons. The summed E-state index contributed by atoms with van der Waals surface area (Å²) >= 11 is 10.2. The lowest BCUT2D eigenvalue weighted by molar-refractivity contribution is 1.16. The largest absolute Gasteiger partial charge is 0.357 e. The topological polar surface area (TPSA) is 24.9 Å². The first kappa shape index (κ1) is 10.6. The first-order valence-corrected chi connectivity index (χ1v) is 7.11. The summed E-state index contributed by atoms with van der Waals surface area (Å²) in [6, 6.07) is 2.06. The second-order valence-electron chi connectivity index (χ2n) is 2.51. The molecule has 0 atom stereocenters. The van der Waals surface area contributed by atoms with Crippen molar-refractivity contribution >= 4 is 59.7 Å². The maximum atomic E-state index is 4.19. The number of hydrogen-bond acceptors (Lipinski definition) is 4. The molecule has 0 bridgehead atoms. The molecule has 14 heavy (non-hydrogen) atoms. The Labute approximate surface area is 107 Å². The van der Waals surface area contributed by atoms with Crippen molar-refractivity contribution in [3.8, 4) is 0 Å². The molecule has 2 heterocycles. The molecule has 2 aromatic heterocycles. The molecule has 0 aliphatic carbocycles. The van der Waals surface area contributed by atoms with Crippen molar-refractivity contribution in [1.29, 1.82) is 0 Å². The number of hydrogen-bond donors (Lipinski definition) is 1. The van der Waals surface area contributed by atoms with Crippen molar-refractivity contribution in [1.82, 2.24) is 4.98 Å². The number of halogens is 2. The highest BCUT2D eigenvalue weighted by molar-refractivity contribution is 9.11. The standard InChI is InChI=1S/C8H6Br2N2S2/c9-5-1-2-13-6(5)3-11-8-12-4-7(10)14-8/h1-2,4H,3H2,(H,11,12). The molecule has 0 amide bonds. The van der Waals surface area contributed by atoms with Gasteiger partial charge in [0.25, 0.3) is 0 Å². The van der Waals surface area contributed by atoms with Gasteiger partial charge in [-0.25, -0.2) is 4.98 Å². The maximum Gasteiger partial charge on any atom is 0.184 e. The molecule has 0 saturated heterocycles. The third-order valence-corrected chi connectivity index (χ3v) is 4.93. The lowest BCUT2D eigenvalue weighted by Gasteiger charge is -1.99. The summed E-state index contributed by atoms with van der Waals surface area (Å²) in [5.41, 5.74) is 0. The van der Waals surface area contributed by atoms with Gasteiger partial charge in [0.1, 0.15) is 0 Å². The van der Waals surface area contributed by atoms with E-state index in [1.807, 2.05) is 0 Å². The zero-order valence-electron chi connectivity index (χ0n) is 6.96. The molecule has 1 N–H and O–H groups in total. The van der Waals surface area contributed by atoms with Crippen LogP contribution in [0.4, 0.5) is 5.13 Å². The predicted molar refractivity (Wildman–Crippen MR) is 69.2 cm³/mol. The van der Waals surface area contributed by atoms with Crippen molar-refractivity contribution < 1.29 is 0 Å². The molecular formula is C8H6Br2N2S2. The van der Waals surface area contributed by atoms with Crippen molar-refractivity contribution in [3.63, 3.8) is 0 Å². The minimum atomic E-state index is 0.818. The quantitative estimate of drug-likeness (QED) is 0.887. The van der Waals surface area contributed by atoms with E-state index in [2.05, 4.69) is 53.6 Å². The summed E-state index contributed by atoms with van der Waals surface area (Å²) < 4.78 is 2.20. The van der Waals surface area contributed by atoms with Gasteiger partial charge in [-0.3, -0.25) is 0 Å². The van der Waals surface area contributed by atoms with Crippen LogP contribution in [0.15, 0.2) is 25.9 Å². The third-order valence-electron chi connectivity index (χ3n) is 1.57. The SMILES string of the molecule is Brc1cnc(NCc2sccc2Br)s1. The van der Waals surface area contributed by atoms with Gasteiger partial charge in [0, 0.05) is 9.35 Å². The Hall–Kier alpha value is 0.0900. The van der Waals surface area contributed by atoms with E-state index in [4.69, 9.17) is 0 Å². The fraction of sp³-hybridized carbons (Fsp3) is 0.125. The first-order chi connectivity index (χ1) is 6.75. The van der Waals surface area contributed by atoms with Gasteiger partial charge in [-0.15, -0.1) is 11.3 Å². The molecule has 6 heteroatoms. The minimum Gasteiger partial charge on any atom is -0.357 e. The van der Waals surface area contributed by atoms with Gasteiger partial charge >= 0.3 is 0 Å². The average Bonchev–Trinajstić information content (AvgIpc) is 2.72. The zero-order chi connectivity index (χ0) is 9.97. The molecule has 0 unspecified atom stereocenters. The highest BCUT2D eigenvalue weighted by Gasteiger charge is 2.02. The molecule has 0 saturated carbocycles. The Morgan fingerprint density at radius 3 is 2.86 bits per heavy atom. The molecule has 2 aromatic rings. The van der Waals surface area contributed by atoms with Crippen LogP contribution in [0.3, 0.4) is 0 Å². The van der Waals surface area contributed by atoms with Crippen molar-refractivity contribution in [2.45, 2.75) is 6.54 Å². The van der Waals surface area contributed by atoms with Gasteiger partial charge < -0.3 is 5.32 Å². The Kier molecular flexibility index (Phi) is 3.59. The van der Waals surface area contributed by atoms with Gasteiger partial charge in [0.15, 0.2) is 5.13 Å². The molecule has 0 aromatic carbocycles. The van der Waals surface area contributed by atoms with Crippen LogP contribution in [0.2, 0.25) is 0 Å². The molecule has 2 rings (SSSR count). The van der Waals surface area contributed by atoms with Crippen LogP contribution < -0.4 is 5.32 Å². The van der Waals surface area contributed by atoms with Gasteiger partial charge in [-0.2, -0.15) is 0 Å². The molecule has 0 fully saturated rings. The van der Waals surface area contributed by atoms with E-state index >= 15 is 0 Å². The van der Waals surface area contributed by atoms with Crippen LogP contribution in [-0.2, 0) is 6.54 Å². The normalized spacial score (nSPS) is 10.4. The number of nitrogens with zero attached hydrogens (tertiary/aromatic N) is 1. The van der Waals surface area contributed by atoms with Crippen LogP contribution >= 0.6 is 54.5 Å².